The van der Waals surface area contributed by atoms with Gasteiger partial charge in [0, 0.05) is 23.2 Å². The van der Waals surface area contributed by atoms with Crippen molar-refractivity contribution >= 4 is 40.6 Å². The topological polar surface area (TPSA) is 79.9 Å². The number of carbonyl (C=O) groups excluding carboxylic acids is 2. The lowest BCUT2D eigenvalue weighted by molar-refractivity contribution is -0.148. The second-order valence-electron chi connectivity index (χ2n) is 9.02. The van der Waals surface area contributed by atoms with Crippen LogP contribution in [0.4, 0.5) is 33.7 Å². The average Bonchev–Trinajstić information content (AvgIpc) is 3.35. The quantitative estimate of drug-likeness (QED) is 0.267. The molecule has 4 rings (SSSR count). The largest absolute Gasteiger partial charge is 0.466 e. The molecule has 7 nitrogen and oxygen atoms in total. The summed E-state index contributed by atoms with van der Waals surface area (Å²) in [5.41, 5.74) is -0.00675. The van der Waals surface area contributed by atoms with E-state index in [1.165, 1.54) is 0 Å². The maximum atomic E-state index is 15.0. The minimum atomic E-state index is -2.85. The Morgan fingerprint density at radius 1 is 1.26 bits per heavy atom. The van der Waals surface area contributed by atoms with Crippen molar-refractivity contribution in [1.29, 1.82) is 0 Å². The number of benzene rings is 1. The molecule has 2 unspecified atom stereocenters. The fourth-order valence-electron chi connectivity index (χ4n) is 4.44. The Labute approximate surface area is 221 Å². The molecule has 0 radical (unpaired) electrons. The van der Waals surface area contributed by atoms with Crippen LogP contribution in [0.3, 0.4) is 0 Å². The SMILES string of the molecule is CCOC(=O)C1C=CC2=CC=C(Nc3c(F)cc(N4C[C@H](CNC(=S)C(F)F)OC4=O)cc3F)C=CC21C. The van der Waals surface area contributed by atoms with Gasteiger partial charge in [-0.15, -0.1) is 0 Å². The maximum Gasteiger partial charge on any atom is 0.414 e. The van der Waals surface area contributed by atoms with E-state index in [1.807, 2.05) is 13.0 Å². The number of allylic oxidation sites excluding steroid dienone is 6. The number of nitrogens with zero attached hydrogens (tertiary/aromatic N) is 1. The van der Waals surface area contributed by atoms with Gasteiger partial charge in [-0.1, -0.05) is 43.4 Å². The number of alkyl halides is 2. The van der Waals surface area contributed by atoms with Crippen molar-refractivity contribution in [2.24, 2.45) is 11.3 Å². The standard InChI is InChI=1S/C26H25F4N3O4S/c1-3-36-24(34)18-7-5-14-4-6-15(8-9-26(14,18)2)32-21-19(27)10-16(11-20(21)28)33-13-17(37-25(33)35)12-31-23(38)22(29)30/h4-11,17-18,22,32H,3,12-13H2,1-2H3,(H,31,38)/t17-,18?,26?/m0/s1. The molecule has 2 aliphatic carbocycles. The zero-order chi connectivity index (χ0) is 27.6. The molecule has 3 aliphatic rings. The summed E-state index contributed by atoms with van der Waals surface area (Å²) in [5.74, 6) is -2.82. The van der Waals surface area contributed by atoms with Crippen LogP contribution >= 0.6 is 12.2 Å². The Kier molecular flexibility index (Phi) is 7.91. The van der Waals surface area contributed by atoms with Crippen molar-refractivity contribution in [2.45, 2.75) is 26.4 Å². The van der Waals surface area contributed by atoms with Gasteiger partial charge in [-0.3, -0.25) is 9.69 Å². The first-order valence-electron chi connectivity index (χ1n) is 11.8. The van der Waals surface area contributed by atoms with Gasteiger partial charge in [-0.05, 0) is 24.6 Å². The lowest BCUT2D eigenvalue weighted by Crippen LogP contribution is -2.36. The minimum Gasteiger partial charge on any atom is -0.466 e. The van der Waals surface area contributed by atoms with Crippen LogP contribution in [0.25, 0.3) is 0 Å². The lowest BCUT2D eigenvalue weighted by Gasteiger charge is -2.28. The first-order valence-corrected chi connectivity index (χ1v) is 12.2. The van der Waals surface area contributed by atoms with E-state index in [0.717, 1.165) is 22.6 Å². The third-order valence-corrected chi connectivity index (χ3v) is 6.84. The monoisotopic (exact) mass is 551 g/mol. The highest BCUT2D eigenvalue weighted by Gasteiger charge is 2.43. The Morgan fingerprint density at radius 3 is 2.63 bits per heavy atom. The minimum absolute atomic E-state index is 0.0912. The number of esters is 1. The molecule has 2 N–H and O–H groups in total. The lowest BCUT2D eigenvalue weighted by atomic mass is 9.76. The molecule has 1 heterocycles. The first-order chi connectivity index (χ1) is 18.0. The van der Waals surface area contributed by atoms with Gasteiger partial charge in [0.2, 0.25) is 0 Å². The Morgan fingerprint density at radius 2 is 1.97 bits per heavy atom. The molecular formula is C26H25F4N3O4S. The van der Waals surface area contributed by atoms with Crippen LogP contribution < -0.4 is 15.5 Å². The molecule has 1 fully saturated rings. The number of anilines is 2. The number of fused-ring (bicyclic) bond motifs is 1. The summed E-state index contributed by atoms with van der Waals surface area (Å²) in [6, 6.07) is 1.95. The Balaban J connectivity index is 1.48. The van der Waals surface area contributed by atoms with Gasteiger partial charge in [-0.2, -0.15) is 0 Å². The van der Waals surface area contributed by atoms with Crippen LogP contribution in [0.5, 0.6) is 0 Å². The summed E-state index contributed by atoms with van der Waals surface area (Å²) >= 11 is 4.49. The van der Waals surface area contributed by atoms with Gasteiger partial charge in [-0.25, -0.2) is 22.4 Å². The summed E-state index contributed by atoms with van der Waals surface area (Å²) < 4.78 is 65.4. The number of carbonyl (C=O) groups is 2. The van der Waals surface area contributed by atoms with Gasteiger partial charge >= 0.3 is 12.1 Å². The molecule has 0 bridgehead atoms. The van der Waals surface area contributed by atoms with Crippen LogP contribution in [-0.4, -0.2) is 49.3 Å². The van der Waals surface area contributed by atoms with E-state index >= 15 is 8.78 Å². The van der Waals surface area contributed by atoms with Crippen molar-refractivity contribution in [3.05, 3.63) is 71.5 Å². The van der Waals surface area contributed by atoms with E-state index in [0.29, 0.717) is 5.70 Å². The molecule has 1 saturated heterocycles. The second kappa shape index (κ2) is 11.0. The summed E-state index contributed by atoms with van der Waals surface area (Å²) in [5, 5.41) is 5.03. The van der Waals surface area contributed by atoms with Crippen LogP contribution in [0.2, 0.25) is 0 Å². The van der Waals surface area contributed by atoms with Crippen LogP contribution in [0.1, 0.15) is 13.8 Å². The summed E-state index contributed by atoms with van der Waals surface area (Å²) in [6.45, 7) is 3.57. The first kappa shape index (κ1) is 27.4. The van der Waals surface area contributed by atoms with E-state index in [2.05, 4.69) is 22.9 Å². The summed E-state index contributed by atoms with van der Waals surface area (Å²) in [7, 11) is 0. The number of hydrogen-bond acceptors (Lipinski definition) is 6. The molecule has 0 aromatic heterocycles. The predicted molar refractivity (Wildman–Crippen MR) is 137 cm³/mol. The molecule has 0 spiro atoms. The zero-order valence-electron chi connectivity index (χ0n) is 20.5. The summed E-state index contributed by atoms with van der Waals surface area (Å²) in [6.07, 6.45) is 5.84. The number of ether oxygens (including phenoxy) is 2. The Bertz CT molecular complexity index is 1260. The number of thiocarbonyl (C=S) groups is 1. The Hall–Kier alpha value is -3.67. The van der Waals surface area contributed by atoms with E-state index < -0.39 is 52.3 Å². The van der Waals surface area contributed by atoms with E-state index in [4.69, 9.17) is 9.47 Å². The molecule has 12 heteroatoms. The maximum absolute atomic E-state index is 15.0. The third kappa shape index (κ3) is 5.45. The van der Waals surface area contributed by atoms with Crippen LogP contribution in [0, 0.1) is 23.0 Å². The number of cyclic esters (lactones) is 1. The van der Waals surface area contributed by atoms with Gasteiger partial charge < -0.3 is 20.1 Å². The molecule has 202 valence electrons. The van der Waals surface area contributed by atoms with Crippen molar-refractivity contribution in [2.75, 3.05) is 29.9 Å². The number of halogens is 4. The highest BCUT2D eigenvalue weighted by molar-refractivity contribution is 7.80. The van der Waals surface area contributed by atoms with Gasteiger partial charge in [0.25, 0.3) is 6.43 Å². The molecule has 0 saturated carbocycles. The van der Waals surface area contributed by atoms with E-state index in [9.17, 15) is 18.4 Å². The normalized spacial score (nSPS) is 24.0. The molecule has 38 heavy (non-hydrogen) atoms. The fourth-order valence-corrected chi connectivity index (χ4v) is 4.52. The number of amides is 1. The average molecular weight is 552 g/mol. The predicted octanol–water partition coefficient (Wildman–Crippen LogP) is 5.02. The molecule has 1 amide bonds. The highest BCUT2D eigenvalue weighted by Crippen LogP contribution is 2.46. The number of nitrogens with one attached hydrogen (secondary N) is 2. The number of rotatable bonds is 8. The van der Waals surface area contributed by atoms with Crippen molar-refractivity contribution in [1.82, 2.24) is 5.32 Å². The number of hydrogen-bond donors (Lipinski definition) is 2. The van der Waals surface area contributed by atoms with E-state index in [1.54, 1.807) is 37.3 Å². The van der Waals surface area contributed by atoms with Gasteiger partial charge in [0.05, 0.1) is 31.3 Å². The van der Waals surface area contributed by atoms with Crippen molar-refractivity contribution in [3.8, 4) is 0 Å². The van der Waals surface area contributed by atoms with Gasteiger partial charge in [0.15, 0.2) is 11.6 Å². The molecule has 1 aromatic rings. The summed E-state index contributed by atoms with van der Waals surface area (Å²) in [4.78, 5) is 25.0. The molecule has 1 aliphatic heterocycles. The molecule has 1 aromatic carbocycles. The highest BCUT2D eigenvalue weighted by atomic mass is 32.1. The van der Waals surface area contributed by atoms with Gasteiger partial charge in [0.1, 0.15) is 16.8 Å². The molecular weight excluding hydrogens is 526 g/mol. The van der Waals surface area contributed by atoms with Crippen molar-refractivity contribution in [3.63, 3.8) is 0 Å². The third-order valence-electron chi connectivity index (χ3n) is 6.51. The van der Waals surface area contributed by atoms with Crippen molar-refractivity contribution < 1.29 is 36.6 Å². The zero-order valence-corrected chi connectivity index (χ0v) is 21.3. The van der Waals surface area contributed by atoms with Crippen LogP contribution in [-0.2, 0) is 14.3 Å². The smallest absolute Gasteiger partial charge is 0.414 e. The van der Waals surface area contributed by atoms with Crippen LogP contribution in [0.15, 0.2) is 59.9 Å². The van der Waals surface area contributed by atoms with E-state index in [-0.39, 0.29) is 31.4 Å². The molecule has 3 atom stereocenters. The fraction of sp³-hybridized carbons (Fsp3) is 0.346. The second-order valence-corrected chi connectivity index (χ2v) is 9.46.